The standard InChI is InChI=1S/C16H29N3/c1-16(2)9-6-15(7-10-16)19(3)11-8-14(12-17)18-13-4-5-13/h13-15,18H,4-11H2,1-3H3. The molecule has 0 aliphatic heterocycles. The first kappa shape index (κ1) is 14.8. The Morgan fingerprint density at radius 3 is 2.42 bits per heavy atom. The molecule has 108 valence electrons. The highest BCUT2D eigenvalue weighted by Crippen LogP contribution is 2.36. The summed E-state index contributed by atoms with van der Waals surface area (Å²) < 4.78 is 0. The minimum Gasteiger partial charge on any atom is -0.303 e. The first-order valence-corrected chi connectivity index (χ1v) is 7.86. The van der Waals surface area contributed by atoms with Crippen LogP contribution in [0.3, 0.4) is 0 Å². The van der Waals surface area contributed by atoms with Gasteiger partial charge in [0, 0.05) is 18.6 Å². The molecule has 0 amide bonds. The fourth-order valence-corrected chi connectivity index (χ4v) is 3.06. The van der Waals surface area contributed by atoms with Crippen LogP contribution < -0.4 is 5.32 Å². The molecule has 0 aromatic carbocycles. The van der Waals surface area contributed by atoms with E-state index in [2.05, 4.69) is 37.2 Å². The van der Waals surface area contributed by atoms with Gasteiger partial charge < -0.3 is 4.90 Å². The summed E-state index contributed by atoms with van der Waals surface area (Å²) in [6.07, 6.45) is 8.78. The fourth-order valence-electron chi connectivity index (χ4n) is 3.06. The molecule has 1 unspecified atom stereocenters. The summed E-state index contributed by atoms with van der Waals surface area (Å²) in [5, 5.41) is 12.6. The number of hydrogen-bond donors (Lipinski definition) is 1. The van der Waals surface area contributed by atoms with Gasteiger partial charge in [-0.1, -0.05) is 13.8 Å². The minimum absolute atomic E-state index is 0.0509. The number of nitrogens with zero attached hydrogens (tertiary/aromatic N) is 2. The first-order chi connectivity index (χ1) is 9.00. The molecule has 0 saturated heterocycles. The summed E-state index contributed by atoms with van der Waals surface area (Å²) in [5.74, 6) is 0. The SMILES string of the molecule is CN(CCC(C#N)NC1CC1)C1CCC(C)(C)CC1. The molecular formula is C16H29N3. The molecule has 2 fully saturated rings. The molecule has 0 aromatic heterocycles. The van der Waals surface area contributed by atoms with Crippen LogP contribution in [0.1, 0.15) is 58.8 Å². The topological polar surface area (TPSA) is 39.1 Å². The number of nitriles is 1. The molecule has 3 heteroatoms. The van der Waals surface area contributed by atoms with Crippen LogP contribution in [0.25, 0.3) is 0 Å². The van der Waals surface area contributed by atoms with Crippen molar-refractivity contribution in [3.05, 3.63) is 0 Å². The average molecular weight is 263 g/mol. The van der Waals surface area contributed by atoms with Gasteiger partial charge in [-0.05, 0) is 57.4 Å². The average Bonchev–Trinajstić information content (AvgIpc) is 3.18. The third-order valence-corrected chi connectivity index (χ3v) is 4.87. The molecule has 0 bridgehead atoms. The highest BCUT2D eigenvalue weighted by atomic mass is 15.1. The van der Waals surface area contributed by atoms with Crippen LogP contribution in [0.4, 0.5) is 0 Å². The molecule has 1 atom stereocenters. The zero-order chi connectivity index (χ0) is 13.9. The molecule has 2 saturated carbocycles. The largest absolute Gasteiger partial charge is 0.303 e. The molecule has 0 aromatic rings. The van der Waals surface area contributed by atoms with Crippen LogP contribution in [-0.2, 0) is 0 Å². The summed E-state index contributed by atoms with van der Waals surface area (Å²) in [6, 6.07) is 3.82. The third-order valence-electron chi connectivity index (χ3n) is 4.87. The lowest BCUT2D eigenvalue weighted by Crippen LogP contribution is -2.40. The molecule has 19 heavy (non-hydrogen) atoms. The molecule has 3 nitrogen and oxygen atoms in total. The van der Waals surface area contributed by atoms with E-state index >= 15 is 0 Å². The van der Waals surface area contributed by atoms with E-state index < -0.39 is 0 Å². The van der Waals surface area contributed by atoms with E-state index in [0.29, 0.717) is 11.5 Å². The summed E-state index contributed by atoms with van der Waals surface area (Å²) in [6.45, 7) is 5.81. The molecule has 0 spiro atoms. The Kier molecular flexibility index (Phi) is 4.86. The third kappa shape index (κ3) is 4.78. The summed E-state index contributed by atoms with van der Waals surface area (Å²) in [4.78, 5) is 2.48. The van der Waals surface area contributed by atoms with Crippen molar-refractivity contribution in [1.82, 2.24) is 10.2 Å². The van der Waals surface area contributed by atoms with Gasteiger partial charge in [0.15, 0.2) is 0 Å². The van der Waals surface area contributed by atoms with E-state index in [1.165, 1.54) is 38.5 Å². The van der Waals surface area contributed by atoms with Crippen molar-refractivity contribution < 1.29 is 0 Å². The van der Waals surface area contributed by atoms with Gasteiger partial charge in [0.1, 0.15) is 0 Å². The van der Waals surface area contributed by atoms with Crippen molar-refractivity contribution in [3.8, 4) is 6.07 Å². The molecular weight excluding hydrogens is 234 g/mol. The second kappa shape index (κ2) is 6.24. The van der Waals surface area contributed by atoms with Crippen molar-refractivity contribution >= 4 is 0 Å². The van der Waals surface area contributed by atoms with Crippen LogP contribution in [0, 0.1) is 16.7 Å². The van der Waals surface area contributed by atoms with Gasteiger partial charge in [-0.3, -0.25) is 5.32 Å². The second-order valence-electron chi connectivity index (χ2n) is 7.29. The maximum atomic E-state index is 9.16. The zero-order valence-electron chi connectivity index (χ0n) is 12.8. The molecule has 0 heterocycles. The van der Waals surface area contributed by atoms with Gasteiger partial charge in [0.05, 0.1) is 12.1 Å². The maximum Gasteiger partial charge on any atom is 0.0967 e. The highest BCUT2D eigenvalue weighted by Gasteiger charge is 2.29. The Morgan fingerprint density at radius 1 is 1.26 bits per heavy atom. The van der Waals surface area contributed by atoms with Crippen LogP contribution in [0.2, 0.25) is 0 Å². The van der Waals surface area contributed by atoms with E-state index in [-0.39, 0.29) is 6.04 Å². The van der Waals surface area contributed by atoms with Crippen molar-refractivity contribution in [2.24, 2.45) is 5.41 Å². The van der Waals surface area contributed by atoms with Gasteiger partial charge in [-0.2, -0.15) is 5.26 Å². The molecule has 2 aliphatic rings. The predicted octanol–water partition coefficient (Wildman–Crippen LogP) is 2.92. The number of hydrogen-bond acceptors (Lipinski definition) is 3. The van der Waals surface area contributed by atoms with Gasteiger partial charge in [0.2, 0.25) is 0 Å². The van der Waals surface area contributed by atoms with Crippen LogP contribution in [0.15, 0.2) is 0 Å². The Bertz CT molecular complexity index is 317. The summed E-state index contributed by atoms with van der Waals surface area (Å²) in [5.41, 5.74) is 0.542. The van der Waals surface area contributed by atoms with Crippen molar-refractivity contribution in [2.75, 3.05) is 13.6 Å². The Morgan fingerprint density at radius 2 is 1.89 bits per heavy atom. The first-order valence-electron chi connectivity index (χ1n) is 7.86. The van der Waals surface area contributed by atoms with Crippen LogP contribution in [0.5, 0.6) is 0 Å². The highest BCUT2D eigenvalue weighted by molar-refractivity contribution is 4.96. The Labute approximate surface area is 118 Å². The van der Waals surface area contributed by atoms with E-state index in [1.54, 1.807) is 0 Å². The number of rotatable bonds is 6. The van der Waals surface area contributed by atoms with Crippen molar-refractivity contribution in [3.63, 3.8) is 0 Å². The van der Waals surface area contributed by atoms with E-state index in [0.717, 1.165) is 19.0 Å². The van der Waals surface area contributed by atoms with Gasteiger partial charge >= 0.3 is 0 Å². The van der Waals surface area contributed by atoms with E-state index in [9.17, 15) is 0 Å². The molecule has 2 aliphatic carbocycles. The lowest BCUT2D eigenvalue weighted by Gasteiger charge is -2.38. The maximum absolute atomic E-state index is 9.16. The molecule has 1 N–H and O–H groups in total. The summed E-state index contributed by atoms with van der Waals surface area (Å²) >= 11 is 0. The summed E-state index contributed by atoms with van der Waals surface area (Å²) in [7, 11) is 2.23. The lowest BCUT2D eigenvalue weighted by molar-refractivity contribution is 0.125. The quantitative estimate of drug-likeness (QED) is 0.801. The van der Waals surface area contributed by atoms with E-state index in [1.807, 2.05) is 0 Å². The monoisotopic (exact) mass is 263 g/mol. The van der Waals surface area contributed by atoms with Gasteiger partial charge in [-0.25, -0.2) is 0 Å². The van der Waals surface area contributed by atoms with Crippen molar-refractivity contribution in [2.45, 2.75) is 76.9 Å². The van der Waals surface area contributed by atoms with Crippen LogP contribution in [-0.4, -0.2) is 36.6 Å². The smallest absolute Gasteiger partial charge is 0.0967 e. The molecule has 2 rings (SSSR count). The Balaban J connectivity index is 1.68. The number of nitrogens with one attached hydrogen (secondary N) is 1. The van der Waals surface area contributed by atoms with Crippen LogP contribution >= 0.6 is 0 Å². The second-order valence-corrected chi connectivity index (χ2v) is 7.29. The predicted molar refractivity (Wildman–Crippen MR) is 78.8 cm³/mol. The normalized spacial score (nSPS) is 25.2. The minimum atomic E-state index is 0.0509. The Hall–Kier alpha value is -0.590. The molecule has 0 radical (unpaired) electrons. The lowest BCUT2D eigenvalue weighted by atomic mass is 9.75. The van der Waals surface area contributed by atoms with Gasteiger partial charge in [0.25, 0.3) is 0 Å². The van der Waals surface area contributed by atoms with Crippen molar-refractivity contribution in [1.29, 1.82) is 5.26 Å². The zero-order valence-corrected chi connectivity index (χ0v) is 12.8. The fraction of sp³-hybridized carbons (Fsp3) is 0.938. The van der Waals surface area contributed by atoms with Gasteiger partial charge in [-0.15, -0.1) is 0 Å². The van der Waals surface area contributed by atoms with E-state index in [4.69, 9.17) is 5.26 Å².